The molecule has 0 saturated carbocycles. The van der Waals surface area contributed by atoms with Gasteiger partial charge in [-0.05, 0) is 79.9 Å². The zero-order valence-electron chi connectivity index (χ0n) is 20.9. The van der Waals surface area contributed by atoms with E-state index in [0.29, 0.717) is 9.82 Å². The summed E-state index contributed by atoms with van der Waals surface area (Å²) in [5.41, 5.74) is 1.57. The standard InChI is InChI=1S/C26H25ClFN3O6S2/c1-16-11-17(2)13-21(12-16)38(33,34)25-22-14-18(27)7-8-23(22)30-24(25)26(32)29-9-4-10-31(39(35,36)37)20-6-3-5-19(28)15-20/h3,5-8,11-15,30H,4,9-10H2,1-2H3,(H,29,32)(H,35,36,37). The first kappa shape index (κ1) is 28.6. The number of nitrogens with one attached hydrogen (secondary N) is 2. The van der Waals surface area contributed by atoms with Gasteiger partial charge in [0.2, 0.25) is 9.84 Å². The largest absolute Gasteiger partial charge is 0.359 e. The van der Waals surface area contributed by atoms with Crippen LogP contribution < -0.4 is 9.62 Å². The number of nitrogens with zero attached hydrogens (tertiary/aromatic N) is 1. The van der Waals surface area contributed by atoms with Crippen LogP contribution in [0.2, 0.25) is 5.02 Å². The highest BCUT2D eigenvalue weighted by molar-refractivity contribution is 7.91. The molecule has 1 amide bonds. The molecular weight excluding hydrogens is 569 g/mol. The van der Waals surface area contributed by atoms with Crippen LogP contribution in [0.3, 0.4) is 0 Å². The number of hydrogen-bond acceptors (Lipinski definition) is 5. The Morgan fingerprint density at radius 2 is 1.72 bits per heavy atom. The van der Waals surface area contributed by atoms with E-state index in [1.165, 1.54) is 30.3 Å². The normalized spacial score (nSPS) is 12.0. The van der Waals surface area contributed by atoms with Crippen LogP contribution in [0.4, 0.5) is 10.1 Å². The quantitative estimate of drug-likeness (QED) is 0.188. The molecule has 0 fully saturated rings. The zero-order valence-corrected chi connectivity index (χ0v) is 23.3. The van der Waals surface area contributed by atoms with Crippen LogP contribution in [-0.2, 0) is 20.1 Å². The number of anilines is 1. The summed E-state index contributed by atoms with van der Waals surface area (Å²) in [6.45, 7) is 3.18. The van der Waals surface area contributed by atoms with Crippen molar-refractivity contribution in [3.05, 3.63) is 88.3 Å². The average Bonchev–Trinajstić information content (AvgIpc) is 3.22. The Morgan fingerprint density at radius 3 is 2.36 bits per heavy atom. The smallest absolute Gasteiger partial charge is 0.351 e. The molecule has 4 aromatic rings. The molecule has 0 atom stereocenters. The SMILES string of the molecule is Cc1cc(C)cc(S(=O)(=O)c2c(C(=O)NCCCN(c3cccc(F)c3)S(=O)(=O)O)[nH]c3ccc(Cl)cc23)c1. The van der Waals surface area contributed by atoms with Gasteiger partial charge in [0, 0.05) is 29.0 Å². The average molecular weight is 594 g/mol. The third-order valence-corrected chi connectivity index (χ3v) is 8.92. The second kappa shape index (κ2) is 11.0. The first-order valence-electron chi connectivity index (χ1n) is 11.7. The van der Waals surface area contributed by atoms with Crippen molar-refractivity contribution in [3.8, 4) is 0 Å². The van der Waals surface area contributed by atoms with Gasteiger partial charge in [-0.15, -0.1) is 0 Å². The monoisotopic (exact) mass is 593 g/mol. The van der Waals surface area contributed by atoms with E-state index in [-0.39, 0.29) is 51.1 Å². The molecular formula is C26H25ClFN3O6S2. The number of halogens is 2. The molecule has 9 nitrogen and oxygen atoms in total. The number of aromatic amines is 1. The number of aromatic nitrogens is 1. The Bertz CT molecular complexity index is 1770. The molecule has 13 heteroatoms. The molecule has 0 bridgehead atoms. The molecule has 0 aliphatic heterocycles. The number of amides is 1. The molecule has 0 saturated heterocycles. The molecule has 206 valence electrons. The second-order valence-electron chi connectivity index (χ2n) is 8.99. The predicted octanol–water partition coefficient (Wildman–Crippen LogP) is 4.84. The summed E-state index contributed by atoms with van der Waals surface area (Å²) in [5, 5.41) is 3.12. The van der Waals surface area contributed by atoms with E-state index in [1.54, 1.807) is 26.0 Å². The zero-order chi connectivity index (χ0) is 28.5. The lowest BCUT2D eigenvalue weighted by Gasteiger charge is -2.21. The Hall–Kier alpha value is -3.45. The van der Waals surface area contributed by atoms with E-state index >= 15 is 0 Å². The van der Waals surface area contributed by atoms with Crippen molar-refractivity contribution >= 4 is 54.2 Å². The van der Waals surface area contributed by atoms with Crippen LogP contribution in [-0.4, -0.2) is 45.4 Å². The Kier molecular flexibility index (Phi) is 8.03. The van der Waals surface area contributed by atoms with E-state index in [1.807, 2.05) is 6.07 Å². The first-order valence-corrected chi connectivity index (χ1v) is 15.0. The van der Waals surface area contributed by atoms with Crippen molar-refractivity contribution < 1.29 is 30.6 Å². The van der Waals surface area contributed by atoms with Crippen LogP contribution in [0.15, 0.2) is 70.5 Å². The fourth-order valence-corrected chi connectivity index (χ4v) is 7.01. The van der Waals surface area contributed by atoms with Crippen molar-refractivity contribution in [1.82, 2.24) is 10.3 Å². The topological polar surface area (TPSA) is 137 Å². The number of fused-ring (bicyclic) bond motifs is 1. The van der Waals surface area contributed by atoms with Gasteiger partial charge in [0.25, 0.3) is 5.91 Å². The summed E-state index contributed by atoms with van der Waals surface area (Å²) in [7, 11) is -8.89. The highest BCUT2D eigenvalue weighted by Gasteiger charge is 2.30. The highest BCUT2D eigenvalue weighted by Crippen LogP contribution is 2.34. The van der Waals surface area contributed by atoms with E-state index in [4.69, 9.17) is 11.6 Å². The summed E-state index contributed by atoms with van der Waals surface area (Å²) in [6, 6.07) is 14.1. The molecule has 4 rings (SSSR count). The summed E-state index contributed by atoms with van der Waals surface area (Å²) < 4.78 is 75.1. The highest BCUT2D eigenvalue weighted by atomic mass is 35.5. The van der Waals surface area contributed by atoms with Crippen molar-refractivity contribution in [1.29, 1.82) is 0 Å². The molecule has 39 heavy (non-hydrogen) atoms. The summed E-state index contributed by atoms with van der Waals surface area (Å²) in [4.78, 5) is 15.9. The van der Waals surface area contributed by atoms with Gasteiger partial charge in [-0.2, -0.15) is 8.42 Å². The van der Waals surface area contributed by atoms with E-state index in [2.05, 4.69) is 10.3 Å². The van der Waals surface area contributed by atoms with E-state index in [0.717, 1.165) is 23.3 Å². The van der Waals surface area contributed by atoms with Crippen molar-refractivity contribution in [2.75, 3.05) is 17.4 Å². The van der Waals surface area contributed by atoms with Crippen molar-refractivity contribution in [2.45, 2.75) is 30.1 Å². The van der Waals surface area contributed by atoms with Gasteiger partial charge in [0.1, 0.15) is 16.4 Å². The Morgan fingerprint density at radius 1 is 1.03 bits per heavy atom. The number of carbonyl (C=O) groups is 1. The lowest BCUT2D eigenvalue weighted by Crippen LogP contribution is -2.34. The minimum Gasteiger partial charge on any atom is -0.351 e. The predicted molar refractivity (Wildman–Crippen MR) is 147 cm³/mol. The number of sulfone groups is 1. The van der Waals surface area contributed by atoms with E-state index < -0.39 is 31.9 Å². The van der Waals surface area contributed by atoms with E-state index in [9.17, 15) is 30.6 Å². The molecule has 0 unspecified atom stereocenters. The van der Waals surface area contributed by atoms with Crippen LogP contribution >= 0.6 is 11.6 Å². The van der Waals surface area contributed by atoms with Crippen LogP contribution in [0.25, 0.3) is 10.9 Å². The van der Waals surface area contributed by atoms with Crippen molar-refractivity contribution in [2.24, 2.45) is 0 Å². The lowest BCUT2D eigenvalue weighted by molar-refractivity contribution is 0.0946. The number of carbonyl (C=O) groups excluding carboxylic acids is 1. The summed E-state index contributed by atoms with van der Waals surface area (Å²) >= 11 is 6.15. The number of rotatable bonds is 9. The summed E-state index contributed by atoms with van der Waals surface area (Å²) in [6.07, 6.45) is 0.0211. The summed E-state index contributed by atoms with van der Waals surface area (Å²) in [5.74, 6) is -1.43. The van der Waals surface area contributed by atoms with Gasteiger partial charge in [-0.3, -0.25) is 9.35 Å². The van der Waals surface area contributed by atoms with Gasteiger partial charge in [0.15, 0.2) is 0 Å². The van der Waals surface area contributed by atoms with Gasteiger partial charge in [-0.1, -0.05) is 23.7 Å². The van der Waals surface area contributed by atoms with Gasteiger partial charge in [0.05, 0.1) is 10.6 Å². The molecule has 1 heterocycles. The van der Waals surface area contributed by atoms with Crippen LogP contribution in [0, 0.1) is 19.7 Å². The fraction of sp³-hybridized carbons (Fsp3) is 0.192. The molecule has 0 aliphatic carbocycles. The third kappa shape index (κ3) is 6.25. The molecule has 1 aromatic heterocycles. The van der Waals surface area contributed by atoms with Gasteiger partial charge >= 0.3 is 10.3 Å². The van der Waals surface area contributed by atoms with Crippen molar-refractivity contribution in [3.63, 3.8) is 0 Å². The first-order chi connectivity index (χ1) is 18.3. The Balaban J connectivity index is 1.62. The molecule has 3 aromatic carbocycles. The number of H-pyrrole nitrogens is 1. The fourth-order valence-electron chi connectivity index (χ4n) is 4.31. The number of benzene rings is 3. The number of hydrogen-bond donors (Lipinski definition) is 3. The maximum atomic E-state index is 13.8. The Labute approximate surface area is 230 Å². The number of aryl methyl sites for hydroxylation is 2. The maximum absolute atomic E-state index is 13.8. The van der Waals surface area contributed by atoms with Crippen LogP contribution in [0.1, 0.15) is 28.0 Å². The minimum absolute atomic E-state index is 0.0211. The molecule has 0 radical (unpaired) electrons. The lowest BCUT2D eigenvalue weighted by atomic mass is 10.2. The maximum Gasteiger partial charge on any atom is 0.359 e. The van der Waals surface area contributed by atoms with Crippen LogP contribution in [0.5, 0.6) is 0 Å². The molecule has 3 N–H and O–H groups in total. The van der Waals surface area contributed by atoms with Gasteiger partial charge < -0.3 is 10.3 Å². The minimum atomic E-state index is -4.72. The molecule has 0 aliphatic rings. The second-order valence-corrected chi connectivity index (χ2v) is 12.6. The molecule has 0 spiro atoms. The third-order valence-electron chi connectivity index (χ3n) is 5.91. The van der Waals surface area contributed by atoms with Gasteiger partial charge in [-0.25, -0.2) is 17.1 Å².